The van der Waals surface area contributed by atoms with Gasteiger partial charge in [-0.05, 0) is 30.8 Å². The molecule has 1 N–H and O–H groups in total. The normalized spacial score (nSPS) is 18.0. The highest BCUT2D eigenvalue weighted by Gasteiger charge is 2.31. The second kappa shape index (κ2) is 7.09. The molecule has 0 bridgehead atoms. The van der Waals surface area contributed by atoms with Gasteiger partial charge in [0.15, 0.2) is 5.76 Å². The molecule has 0 spiro atoms. The van der Waals surface area contributed by atoms with Crippen molar-refractivity contribution in [2.24, 2.45) is 0 Å². The zero-order valence-electron chi connectivity index (χ0n) is 14.5. The Hall–Kier alpha value is -3.00. The van der Waals surface area contributed by atoms with E-state index in [0.717, 1.165) is 18.8 Å². The van der Waals surface area contributed by atoms with Crippen molar-refractivity contribution in [1.29, 1.82) is 0 Å². The molecular weight excluding hydrogens is 332 g/mol. The average molecular weight is 352 g/mol. The van der Waals surface area contributed by atoms with Crippen molar-refractivity contribution in [3.63, 3.8) is 0 Å². The molecule has 1 atom stereocenters. The summed E-state index contributed by atoms with van der Waals surface area (Å²) in [7, 11) is 0. The van der Waals surface area contributed by atoms with E-state index in [-0.39, 0.29) is 11.9 Å². The number of hydrogen-bond acceptors (Lipinski definition) is 6. The number of carbonyl (C=O) groups excluding carboxylic acids is 1. The topological polar surface area (TPSA) is 89.1 Å². The van der Waals surface area contributed by atoms with Crippen LogP contribution in [0.2, 0.25) is 0 Å². The number of pyridine rings is 1. The van der Waals surface area contributed by atoms with Crippen LogP contribution in [0.25, 0.3) is 17.3 Å². The van der Waals surface area contributed by atoms with Gasteiger partial charge in [-0.1, -0.05) is 6.92 Å². The molecule has 0 aliphatic carbocycles. The Labute approximate surface area is 150 Å². The third-order valence-corrected chi connectivity index (χ3v) is 4.53. The Balaban J connectivity index is 1.73. The van der Waals surface area contributed by atoms with Gasteiger partial charge >= 0.3 is 0 Å². The summed E-state index contributed by atoms with van der Waals surface area (Å²) in [5.41, 5.74) is 0.798. The molecule has 134 valence electrons. The lowest BCUT2D eigenvalue weighted by Crippen LogP contribution is -2.56. The van der Waals surface area contributed by atoms with Crippen molar-refractivity contribution in [3.05, 3.63) is 48.7 Å². The highest BCUT2D eigenvalue weighted by atomic mass is 16.3. The minimum atomic E-state index is -0.266. The number of carbonyl (C=O) groups is 1. The second-order valence-electron chi connectivity index (χ2n) is 6.09. The Morgan fingerprint density at radius 2 is 2.27 bits per heavy atom. The van der Waals surface area contributed by atoms with Crippen molar-refractivity contribution in [3.8, 4) is 17.3 Å². The first-order valence-electron chi connectivity index (χ1n) is 8.68. The fourth-order valence-corrected chi connectivity index (χ4v) is 3.21. The van der Waals surface area contributed by atoms with Gasteiger partial charge in [-0.25, -0.2) is 9.67 Å². The fraction of sp³-hybridized carbons (Fsp3) is 0.333. The number of amides is 1. The van der Waals surface area contributed by atoms with E-state index in [1.54, 1.807) is 29.4 Å². The van der Waals surface area contributed by atoms with Crippen LogP contribution < -0.4 is 5.32 Å². The Morgan fingerprint density at radius 1 is 1.35 bits per heavy atom. The van der Waals surface area contributed by atoms with E-state index < -0.39 is 0 Å². The largest absolute Gasteiger partial charge is 0.461 e. The summed E-state index contributed by atoms with van der Waals surface area (Å²) in [5, 5.41) is 7.53. The molecular formula is C18H20N6O2. The molecule has 4 rings (SSSR count). The minimum absolute atomic E-state index is 0.0263. The molecule has 3 aromatic heterocycles. The molecule has 1 aliphatic rings. The van der Waals surface area contributed by atoms with Crippen LogP contribution >= 0.6 is 0 Å². The van der Waals surface area contributed by atoms with Crippen molar-refractivity contribution < 1.29 is 9.21 Å². The molecule has 4 heterocycles. The maximum atomic E-state index is 12.4. The number of likely N-dealkylation sites (N-methyl/N-ethyl adjacent to an activating group) is 1. The number of nitrogens with one attached hydrogen (secondary N) is 1. The van der Waals surface area contributed by atoms with Crippen LogP contribution in [0.15, 0.2) is 47.3 Å². The first-order chi connectivity index (χ1) is 12.8. The van der Waals surface area contributed by atoms with E-state index in [4.69, 9.17) is 4.42 Å². The third kappa shape index (κ3) is 3.11. The number of aromatic nitrogens is 4. The van der Waals surface area contributed by atoms with Crippen LogP contribution in [0, 0.1) is 0 Å². The van der Waals surface area contributed by atoms with Crippen molar-refractivity contribution in [2.45, 2.75) is 19.4 Å². The van der Waals surface area contributed by atoms with E-state index in [9.17, 15) is 4.79 Å². The molecule has 0 saturated carbocycles. The molecule has 8 nitrogen and oxygen atoms in total. The maximum Gasteiger partial charge on any atom is 0.237 e. The molecule has 0 radical (unpaired) electrons. The van der Waals surface area contributed by atoms with Gasteiger partial charge < -0.3 is 9.73 Å². The molecule has 8 heteroatoms. The first kappa shape index (κ1) is 16.5. The summed E-state index contributed by atoms with van der Waals surface area (Å²) < 4.78 is 7.17. The summed E-state index contributed by atoms with van der Waals surface area (Å²) in [5.74, 6) is 1.81. The molecule has 1 amide bonds. The monoisotopic (exact) mass is 352 g/mol. The smallest absolute Gasteiger partial charge is 0.237 e. The zero-order valence-corrected chi connectivity index (χ0v) is 14.5. The molecule has 3 aromatic rings. The number of rotatable bonds is 5. The van der Waals surface area contributed by atoms with Crippen molar-refractivity contribution in [1.82, 2.24) is 30.0 Å². The van der Waals surface area contributed by atoms with Gasteiger partial charge in [-0.3, -0.25) is 14.7 Å². The van der Waals surface area contributed by atoms with E-state index in [1.807, 2.05) is 18.2 Å². The molecule has 0 aromatic carbocycles. The Bertz CT molecular complexity index is 874. The fourth-order valence-electron chi connectivity index (χ4n) is 3.21. The molecule has 26 heavy (non-hydrogen) atoms. The third-order valence-electron chi connectivity index (χ3n) is 4.53. The Morgan fingerprint density at radius 3 is 3.00 bits per heavy atom. The van der Waals surface area contributed by atoms with Crippen LogP contribution in [0.1, 0.15) is 12.7 Å². The summed E-state index contributed by atoms with van der Waals surface area (Å²) in [4.78, 5) is 23.4. The van der Waals surface area contributed by atoms with Gasteiger partial charge in [0.05, 0.1) is 24.2 Å². The van der Waals surface area contributed by atoms with Crippen LogP contribution in [0.3, 0.4) is 0 Å². The molecule has 1 aliphatic heterocycles. The lowest BCUT2D eigenvalue weighted by Gasteiger charge is -2.33. The van der Waals surface area contributed by atoms with Gasteiger partial charge in [-0.15, -0.1) is 5.10 Å². The van der Waals surface area contributed by atoms with E-state index in [1.165, 1.54) is 0 Å². The van der Waals surface area contributed by atoms with Crippen LogP contribution in [0.4, 0.5) is 0 Å². The predicted molar refractivity (Wildman–Crippen MR) is 94.6 cm³/mol. The van der Waals surface area contributed by atoms with Gasteiger partial charge in [0.25, 0.3) is 0 Å². The highest BCUT2D eigenvalue weighted by Crippen LogP contribution is 2.20. The second-order valence-corrected chi connectivity index (χ2v) is 6.09. The average Bonchev–Trinajstić information content (AvgIpc) is 3.34. The van der Waals surface area contributed by atoms with E-state index in [0.29, 0.717) is 30.4 Å². The van der Waals surface area contributed by atoms with E-state index >= 15 is 0 Å². The molecule has 1 saturated heterocycles. The number of nitrogens with zero attached hydrogens (tertiary/aromatic N) is 5. The molecule has 1 fully saturated rings. The van der Waals surface area contributed by atoms with Crippen LogP contribution in [-0.4, -0.2) is 56.2 Å². The van der Waals surface area contributed by atoms with Crippen molar-refractivity contribution >= 4 is 5.91 Å². The lowest BCUT2D eigenvalue weighted by molar-refractivity contribution is -0.128. The summed E-state index contributed by atoms with van der Waals surface area (Å²) in [6, 6.07) is 7.11. The zero-order chi connectivity index (χ0) is 17.9. The predicted octanol–water partition coefficient (Wildman–Crippen LogP) is 1.29. The Kier molecular flexibility index (Phi) is 4.49. The molecule has 1 unspecified atom stereocenters. The number of hydrogen-bond donors (Lipinski definition) is 1. The summed E-state index contributed by atoms with van der Waals surface area (Å²) >= 11 is 0. The summed E-state index contributed by atoms with van der Waals surface area (Å²) in [6.07, 6.45) is 5.49. The highest BCUT2D eigenvalue weighted by molar-refractivity contribution is 5.82. The maximum absolute atomic E-state index is 12.4. The van der Waals surface area contributed by atoms with E-state index in [2.05, 4.69) is 32.2 Å². The van der Waals surface area contributed by atoms with Gasteiger partial charge in [0.1, 0.15) is 5.82 Å². The quantitative estimate of drug-likeness (QED) is 0.744. The van der Waals surface area contributed by atoms with Crippen molar-refractivity contribution in [2.75, 3.05) is 19.6 Å². The van der Waals surface area contributed by atoms with Gasteiger partial charge in [-0.2, -0.15) is 0 Å². The summed E-state index contributed by atoms with van der Waals surface area (Å²) in [6.45, 7) is 4.38. The minimum Gasteiger partial charge on any atom is -0.461 e. The van der Waals surface area contributed by atoms with Crippen LogP contribution in [-0.2, 0) is 11.2 Å². The lowest BCUT2D eigenvalue weighted by atomic mass is 10.1. The number of furan rings is 1. The van der Waals surface area contributed by atoms with Gasteiger partial charge in [0, 0.05) is 25.7 Å². The first-order valence-corrected chi connectivity index (χ1v) is 8.68. The van der Waals surface area contributed by atoms with Crippen LogP contribution in [0.5, 0.6) is 0 Å². The van der Waals surface area contributed by atoms with Gasteiger partial charge in [0.2, 0.25) is 11.7 Å². The number of piperazine rings is 1. The SMILES string of the molecule is CCN1CCNC(=O)C1Cc1nc(-c2ccco2)nn1-c1cccnc1. The standard InChI is InChI=1S/C18H20N6O2/c1-2-23-9-8-20-18(25)14(23)11-16-21-17(15-6-4-10-26-15)22-24(16)13-5-3-7-19-12-13/h3-7,10,12,14H,2,8-9,11H2,1H3,(H,20,25).